The molecule has 0 spiro atoms. The zero-order valence-corrected chi connectivity index (χ0v) is 8.79. The van der Waals surface area contributed by atoms with Crippen LogP contribution in [0.25, 0.3) is 0 Å². The molecule has 0 radical (unpaired) electrons. The van der Waals surface area contributed by atoms with E-state index in [4.69, 9.17) is 12.8 Å². The van der Waals surface area contributed by atoms with Crippen LogP contribution in [0.1, 0.15) is 19.8 Å². The summed E-state index contributed by atoms with van der Waals surface area (Å²) in [5.41, 5.74) is 0. The summed E-state index contributed by atoms with van der Waals surface area (Å²) >= 11 is 0. The van der Waals surface area contributed by atoms with Crippen LogP contribution in [0, 0.1) is 24.7 Å². The van der Waals surface area contributed by atoms with Crippen LogP contribution >= 0.6 is 0 Å². The van der Waals surface area contributed by atoms with E-state index in [9.17, 15) is 0 Å². The minimum Gasteiger partial charge on any atom is -0.301 e. The van der Waals surface area contributed by atoms with Crippen LogP contribution in [0.15, 0.2) is 0 Å². The topological polar surface area (TPSA) is 15.3 Å². The Morgan fingerprint density at radius 3 is 2.57 bits per heavy atom. The van der Waals surface area contributed by atoms with Gasteiger partial charge in [0.2, 0.25) is 0 Å². The molecular formula is C12H18N2. The molecule has 1 fully saturated rings. The zero-order valence-electron chi connectivity index (χ0n) is 8.79. The van der Waals surface area contributed by atoms with Gasteiger partial charge in [-0.3, -0.25) is 4.90 Å². The maximum absolute atomic E-state index is 5.31. The molecule has 0 amide bonds. The Balaban J connectivity index is 2.23. The summed E-state index contributed by atoms with van der Waals surface area (Å²) in [7, 11) is 0. The molecule has 0 aromatic carbocycles. The highest BCUT2D eigenvalue weighted by Gasteiger charge is 2.18. The van der Waals surface area contributed by atoms with Gasteiger partial charge in [-0.1, -0.05) is 11.8 Å². The molecule has 1 N–H and O–H groups in total. The molecule has 1 unspecified atom stereocenters. The summed E-state index contributed by atoms with van der Waals surface area (Å²) in [5.74, 6) is 5.37. The maximum Gasteiger partial charge on any atom is 0.0660 e. The summed E-state index contributed by atoms with van der Waals surface area (Å²) in [6, 6.07) is 0.745. The van der Waals surface area contributed by atoms with Crippen LogP contribution in [0.5, 0.6) is 0 Å². The second-order valence-electron chi connectivity index (χ2n) is 3.81. The first-order chi connectivity index (χ1) is 6.76. The number of terminal acetylenes is 2. The van der Waals surface area contributed by atoms with Crippen molar-refractivity contribution in [3.63, 3.8) is 0 Å². The van der Waals surface area contributed by atoms with E-state index in [0.29, 0.717) is 6.04 Å². The molecule has 1 rings (SSSR count). The van der Waals surface area contributed by atoms with E-state index >= 15 is 0 Å². The van der Waals surface area contributed by atoms with E-state index in [1.165, 1.54) is 0 Å². The average molecular weight is 190 g/mol. The highest BCUT2D eigenvalue weighted by Crippen LogP contribution is 2.09. The van der Waals surface area contributed by atoms with Gasteiger partial charge in [0.05, 0.1) is 12.6 Å². The van der Waals surface area contributed by atoms with Crippen LogP contribution in [0.3, 0.4) is 0 Å². The standard InChI is InChI=1S/C12H18N2/c1-4-8-14-9-6-12(7-10-14)13-11(3)5-2/h1-2,11-13H,6-10H2,3H3. The fourth-order valence-electron chi connectivity index (χ4n) is 1.79. The number of hydrogen-bond donors (Lipinski definition) is 1. The lowest BCUT2D eigenvalue weighted by atomic mass is 10.0. The van der Waals surface area contributed by atoms with E-state index in [1.54, 1.807) is 0 Å². The Bertz CT molecular complexity index is 238. The fraction of sp³-hybridized carbons (Fsp3) is 0.667. The lowest BCUT2D eigenvalue weighted by molar-refractivity contribution is 0.215. The summed E-state index contributed by atoms with van der Waals surface area (Å²) < 4.78 is 0. The van der Waals surface area contributed by atoms with Gasteiger partial charge in [0.25, 0.3) is 0 Å². The van der Waals surface area contributed by atoms with Gasteiger partial charge in [0.1, 0.15) is 0 Å². The SMILES string of the molecule is C#CCN1CCC(NC(C)C#C)CC1. The molecular weight excluding hydrogens is 172 g/mol. The summed E-state index contributed by atoms with van der Waals surface area (Å²) in [4.78, 5) is 2.30. The molecule has 1 saturated heterocycles. The number of piperidine rings is 1. The molecule has 1 aliphatic heterocycles. The van der Waals surface area contributed by atoms with Crippen molar-refractivity contribution in [1.82, 2.24) is 10.2 Å². The van der Waals surface area contributed by atoms with Crippen molar-refractivity contribution in [3.05, 3.63) is 0 Å². The minimum absolute atomic E-state index is 0.180. The van der Waals surface area contributed by atoms with Crippen molar-refractivity contribution in [1.29, 1.82) is 0 Å². The molecule has 0 bridgehead atoms. The molecule has 0 aliphatic carbocycles. The zero-order chi connectivity index (χ0) is 10.4. The molecule has 76 valence electrons. The van der Waals surface area contributed by atoms with Gasteiger partial charge >= 0.3 is 0 Å². The van der Waals surface area contributed by atoms with Crippen molar-refractivity contribution < 1.29 is 0 Å². The normalized spacial score (nSPS) is 21.1. The molecule has 0 aromatic heterocycles. The average Bonchev–Trinajstić information content (AvgIpc) is 2.21. The number of hydrogen-bond acceptors (Lipinski definition) is 2. The molecule has 0 saturated carbocycles. The number of nitrogens with one attached hydrogen (secondary N) is 1. The Morgan fingerprint density at radius 2 is 2.07 bits per heavy atom. The predicted octanol–water partition coefficient (Wildman–Crippen LogP) is 0.695. The highest BCUT2D eigenvalue weighted by atomic mass is 15.1. The van der Waals surface area contributed by atoms with Crippen molar-refractivity contribution in [3.8, 4) is 24.7 Å². The van der Waals surface area contributed by atoms with E-state index in [0.717, 1.165) is 32.5 Å². The smallest absolute Gasteiger partial charge is 0.0660 e. The highest BCUT2D eigenvalue weighted by molar-refractivity contribution is 4.98. The minimum atomic E-state index is 0.180. The Labute approximate surface area is 87.1 Å². The molecule has 1 aliphatic rings. The monoisotopic (exact) mass is 190 g/mol. The number of rotatable bonds is 3. The van der Waals surface area contributed by atoms with Gasteiger partial charge in [0.15, 0.2) is 0 Å². The van der Waals surface area contributed by atoms with Crippen molar-refractivity contribution in [2.45, 2.75) is 31.8 Å². The van der Waals surface area contributed by atoms with E-state index in [-0.39, 0.29) is 6.04 Å². The van der Waals surface area contributed by atoms with E-state index < -0.39 is 0 Å². The first-order valence-electron chi connectivity index (χ1n) is 5.14. The second kappa shape index (κ2) is 5.70. The third-order valence-corrected chi connectivity index (χ3v) is 2.64. The lowest BCUT2D eigenvalue weighted by Crippen LogP contribution is -2.45. The third-order valence-electron chi connectivity index (χ3n) is 2.64. The van der Waals surface area contributed by atoms with Gasteiger partial charge in [-0.15, -0.1) is 12.8 Å². The third kappa shape index (κ3) is 3.42. The Morgan fingerprint density at radius 1 is 1.43 bits per heavy atom. The van der Waals surface area contributed by atoms with Crippen molar-refractivity contribution >= 4 is 0 Å². The van der Waals surface area contributed by atoms with Crippen LogP contribution < -0.4 is 5.32 Å². The van der Waals surface area contributed by atoms with E-state index in [2.05, 4.69) is 22.1 Å². The van der Waals surface area contributed by atoms with Gasteiger partial charge in [0, 0.05) is 19.1 Å². The van der Waals surface area contributed by atoms with Crippen LogP contribution in [-0.4, -0.2) is 36.6 Å². The fourth-order valence-corrected chi connectivity index (χ4v) is 1.79. The van der Waals surface area contributed by atoms with Crippen LogP contribution in [0.2, 0.25) is 0 Å². The van der Waals surface area contributed by atoms with Crippen molar-refractivity contribution in [2.24, 2.45) is 0 Å². The summed E-state index contributed by atoms with van der Waals surface area (Å²) in [6.07, 6.45) is 12.9. The van der Waals surface area contributed by atoms with Gasteiger partial charge in [-0.05, 0) is 19.8 Å². The van der Waals surface area contributed by atoms with Crippen LogP contribution in [0.4, 0.5) is 0 Å². The maximum atomic E-state index is 5.31. The molecule has 2 heteroatoms. The number of likely N-dealkylation sites (tertiary alicyclic amines) is 1. The largest absolute Gasteiger partial charge is 0.301 e. The summed E-state index contributed by atoms with van der Waals surface area (Å²) in [6.45, 7) is 4.96. The Kier molecular flexibility index (Phi) is 4.53. The van der Waals surface area contributed by atoms with Crippen molar-refractivity contribution in [2.75, 3.05) is 19.6 Å². The Hall–Kier alpha value is -0.960. The first-order valence-corrected chi connectivity index (χ1v) is 5.14. The lowest BCUT2D eigenvalue weighted by Gasteiger charge is -2.31. The van der Waals surface area contributed by atoms with Gasteiger partial charge in [-0.25, -0.2) is 0 Å². The molecule has 1 heterocycles. The second-order valence-corrected chi connectivity index (χ2v) is 3.81. The van der Waals surface area contributed by atoms with E-state index in [1.807, 2.05) is 6.92 Å². The quantitative estimate of drug-likeness (QED) is 0.659. The molecule has 0 aromatic rings. The van der Waals surface area contributed by atoms with Gasteiger partial charge < -0.3 is 5.32 Å². The first kappa shape index (κ1) is 11.1. The van der Waals surface area contributed by atoms with Crippen LogP contribution in [-0.2, 0) is 0 Å². The molecule has 2 nitrogen and oxygen atoms in total. The molecule has 14 heavy (non-hydrogen) atoms. The number of nitrogens with zero attached hydrogens (tertiary/aromatic N) is 1. The van der Waals surface area contributed by atoms with Gasteiger partial charge in [-0.2, -0.15) is 0 Å². The molecule has 1 atom stereocenters. The predicted molar refractivity (Wildman–Crippen MR) is 59.7 cm³/mol. The summed E-state index contributed by atoms with van der Waals surface area (Å²) in [5, 5.41) is 3.42.